The van der Waals surface area contributed by atoms with Crippen molar-refractivity contribution in [2.75, 3.05) is 6.54 Å². The average molecular weight is 268 g/mol. The van der Waals surface area contributed by atoms with Crippen LogP contribution in [0, 0.1) is 23.2 Å². The smallest absolute Gasteiger partial charge is 0.124 e. The number of hydrogen-bond acceptors (Lipinski definition) is 4. The minimum Gasteiger partial charge on any atom is -0.488 e. The van der Waals surface area contributed by atoms with Crippen molar-refractivity contribution < 1.29 is 4.74 Å². The number of nitrogens with two attached hydrogens (primary N) is 1. The molecule has 2 aromatic rings. The molecule has 0 atom stereocenters. The van der Waals surface area contributed by atoms with Gasteiger partial charge in [-0.1, -0.05) is 17.9 Å². The molecule has 1 heterocycles. The molecule has 0 spiro atoms. The van der Waals surface area contributed by atoms with E-state index in [-0.39, 0.29) is 0 Å². The number of benzene rings is 1. The second-order valence-electron chi connectivity index (χ2n) is 3.69. The molecule has 4 heteroatoms. The van der Waals surface area contributed by atoms with Crippen LogP contribution in [0.3, 0.4) is 0 Å². The number of hydrogen-bond donors (Lipinski definition) is 1. The molecule has 94 valence electrons. The van der Waals surface area contributed by atoms with Crippen molar-refractivity contribution in [1.82, 2.24) is 0 Å². The summed E-state index contributed by atoms with van der Waals surface area (Å²) in [5.74, 6) is 6.53. The van der Waals surface area contributed by atoms with Gasteiger partial charge in [-0.2, -0.15) is 5.26 Å². The molecule has 0 saturated carbocycles. The summed E-state index contributed by atoms with van der Waals surface area (Å²) < 4.78 is 5.67. The van der Waals surface area contributed by atoms with Gasteiger partial charge in [0.05, 0.1) is 23.1 Å². The Morgan fingerprint density at radius 3 is 3.00 bits per heavy atom. The first-order chi connectivity index (χ1) is 9.33. The van der Waals surface area contributed by atoms with Crippen LogP contribution in [0.4, 0.5) is 0 Å². The van der Waals surface area contributed by atoms with Crippen LogP contribution in [0.15, 0.2) is 35.7 Å². The van der Waals surface area contributed by atoms with Crippen molar-refractivity contribution in [3.8, 4) is 23.7 Å². The Morgan fingerprint density at radius 1 is 1.32 bits per heavy atom. The fourth-order valence-corrected chi connectivity index (χ4v) is 2.26. The van der Waals surface area contributed by atoms with Gasteiger partial charge in [0.25, 0.3) is 0 Å². The molecular weight excluding hydrogens is 256 g/mol. The van der Waals surface area contributed by atoms with Crippen LogP contribution in [-0.2, 0) is 6.61 Å². The quantitative estimate of drug-likeness (QED) is 0.870. The van der Waals surface area contributed by atoms with E-state index in [0.717, 1.165) is 10.4 Å². The van der Waals surface area contributed by atoms with E-state index in [4.69, 9.17) is 15.7 Å². The highest BCUT2D eigenvalue weighted by Crippen LogP contribution is 2.20. The van der Waals surface area contributed by atoms with Crippen molar-refractivity contribution in [1.29, 1.82) is 5.26 Å². The zero-order chi connectivity index (χ0) is 13.5. The third kappa shape index (κ3) is 3.59. The highest BCUT2D eigenvalue weighted by atomic mass is 32.1. The summed E-state index contributed by atoms with van der Waals surface area (Å²) in [6, 6.07) is 11.1. The molecule has 0 radical (unpaired) electrons. The molecule has 0 aliphatic rings. The second-order valence-corrected chi connectivity index (χ2v) is 4.69. The van der Waals surface area contributed by atoms with Crippen molar-refractivity contribution in [2.24, 2.45) is 5.73 Å². The summed E-state index contributed by atoms with van der Waals surface area (Å²) in [4.78, 5) is 1.06. The van der Waals surface area contributed by atoms with Gasteiger partial charge >= 0.3 is 0 Å². The normalized spacial score (nSPS) is 9.26. The lowest BCUT2D eigenvalue weighted by molar-refractivity contribution is 0.309. The predicted molar refractivity (Wildman–Crippen MR) is 75.7 cm³/mol. The van der Waals surface area contributed by atoms with E-state index in [1.165, 1.54) is 0 Å². The van der Waals surface area contributed by atoms with Crippen LogP contribution in [0.5, 0.6) is 5.75 Å². The van der Waals surface area contributed by atoms with Crippen LogP contribution in [0.2, 0.25) is 0 Å². The van der Waals surface area contributed by atoms with Crippen molar-refractivity contribution in [3.63, 3.8) is 0 Å². The third-order valence-electron chi connectivity index (χ3n) is 2.40. The summed E-state index contributed by atoms with van der Waals surface area (Å²) in [7, 11) is 0. The van der Waals surface area contributed by atoms with Gasteiger partial charge in [-0.25, -0.2) is 0 Å². The standard InChI is InChI=1S/C15H12N2OS/c16-7-2-4-13-6-8-19-15(13)11-18-14-5-1-3-12(9-14)10-17/h1,3,5-6,8-9H,7,11,16H2. The van der Waals surface area contributed by atoms with Gasteiger partial charge < -0.3 is 10.5 Å². The zero-order valence-corrected chi connectivity index (χ0v) is 11.0. The number of nitrogens with zero attached hydrogens (tertiary/aromatic N) is 1. The van der Waals surface area contributed by atoms with E-state index in [0.29, 0.717) is 24.5 Å². The molecule has 1 aromatic heterocycles. The zero-order valence-electron chi connectivity index (χ0n) is 10.2. The number of ether oxygens (including phenoxy) is 1. The Hall–Kier alpha value is -2.27. The molecule has 0 unspecified atom stereocenters. The fourth-order valence-electron chi connectivity index (χ4n) is 1.51. The molecule has 0 amide bonds. The first-order valence-electron chi connectivity index (χ1n) is 5.71. The molecule has 0 aliphatic carbocycles. The molecule has 0 aliphatic heterocycles. The van der Waals surface area contributed by atoms with Gasteiger partial charge in [-0.15, -0.1) is 11.3 Å². The van der Waals surface area contributed by atoms with E-state index in [1.54, 1.807) is 29.5 Å². The van der Waals surface area contributed by atoms with Crippen LogP contribution in [0.1, 0.15) is 16.0 Å². The summed E-state index contributed by atoms with van der Waals surface area (Å²) in [5, 5.41) is 10.8. The summed E-state index contributed by atoms with van der Waals surface area (Å²) in [5.41, 5.74) is 6.90. The molecule has 2 rings (SSSR count). The van der Waals surface area contributed by atoms with Gasteiger partial charge in [-0.05, 0) is 29.6 Å². The predicted octanol–water partition coefficient (Wildman–Crippen LogP) is 2.51. The lowest BCUT2D eigenvalue weighted by Gasteiger charge is -2.05. The van der Waals surface area contributed by atoms with Crippen molar-refractivity contribution in [2.45, 2.75) is 6.61 Å². The topological polar surface area (TPSA) is 59.0 Å². The van der Waals surface area contributed by atoms with E-state index in [9.17, 15) is 0 Å². The first-order valence-corrected chi connectivity index (χ1v) is 6.59. The Kier molecular flexibility index (Phi) is 4.58. The molecular formula is C15H12N2OS. The number of nitriles is 1. The first kappa shape index (κ1) is 13.2. The Morgan fingerprint density at radius 2 is 2.21 bits per heavy atom. The van der Waals surface area contributed by atoms with Gasteiger partial charge in [-0.3, -0.25) is 0 Å². The van der Waals surface area contributed by atoms with Gasteiger partial charge in [0, 0.05) is 5.56 Å². The summed E-state index contributed by atoms with van der Waals surface area (Å²) in [6.45, 7) is 0.793. The van der Waals surface area contributed by atoms with Crippen LogP contribution in [0.25, 0.3) is 0 Å². The highest BCUT2D eigenvalue weighted by molar-refractivity contribution is 7.10. The molecule has 0 fully saturated rings. The van der Waals surface area contributed by atoms with Gasteiger partial charge in [0.2, 0.25) is 0 Å². The number of rotatable bonds is 3. The maximum atomic E-state index is 8.82. The molecule has 0 bridgehead atoms. The minimum atomic E-state index is 0.348. The lowest BCUT2D eigenvalue weighted by Crippen LogP contribution is -1.96. The molecule has 0 saturated heterocycles. The number of thiophene rings is 1. The summed E-state index contributed by atoms with van der Waals surface area (Å²) in [6.07, 6.45) is 0. The molecule has 19 heavy (non-hydrogen) atoms. The van der Waals surface area contributed by atoms with Gasteiger partial charge in [0.15, 0.2) is 0 Å². The van der Waals surface area contributed by atoms with Gasteiger partial charge in [0.1, 0.15) is 12.4 Å². The molecule has 3 nitrogen and oxygen atoms in total. The largest absolute Gasteiger partial charge is 0.488 e. The maximum Gasteiger partial charge on any atom is 0.124 e. The Bertz CT molecular complexity index is 659. The van der Waals surface area contributed by atoms with E-state index in [2.05, 4.69) is 17.9 Å². The Balaban J connectivity index is 2.06. The van der Waals surface area contributed by atoms with E-state index < -0.39 is 0 Å². The van der Waals surface area contributed by atoms with Crippen LogP contribution >= 0.6 is 11.3 Å². The maximum absolute atomic E-state index is 8.82. The molecule has 1 aromatic carbocycles. The van der Waals surface area contributed by atoms with Crippen molar-refractivity contribution >= 4 is 11.3 Å². The minimum absolute atomic E-state index is 0.348. The third-order valence-corrected chi connectivity index (χ3v) is 3.30. The van der Waals surface area contributed by atoms with E-state index in [1.807, 2.05) is 17.5 Å². The average Bonchev–Trinajstić information content (AvgIpc) is 2.90. The molecule has 2 N–H and O–H groups in total. The van der Waals surface area contributed by atoms with E-state index >= 15 is 0 Å². The highest BCUT2D eigenvalue weighted by Gasteiger charge is 2.03. The SMILES string of the molecule is N#Cc1cccc(OCc2sccc2C#CCN)c1. The fraction of sp³-hybridized carbons (Fsp3) is 0.133. The van der Waals surface area contributed by atoms with Crippen LogP contribution in [-0.4, -0.2) is 6.54 Å². The summed E-state index contributed by atoms with van der Waals surface area (Å²) >= 11 is 1.60. The van der Waals surface area contributed by atoms with Crippen LogP contribution < -0.4 is 10.5 Å². The second kappa shape index (κ2) is 6.61. The lowest BCUT2D eigenvalue weighted by atomic mass is 10.2. The van der Waals surface area contributed by atoms with Crippen molar-refractivity contribution in [3.05, 3.63) is 51.7 Å². The Labute approximate surface area is 116 Å². The monoisotopic (exact) mass is 268 g/mol.